The third kappa shape index (κ3) is 3.07. The molecule has 0 fully saturated rings. The molecule has 15 heavy (non-hydrogen) atoms. The third-order valence-electron chi connectivity index (χ3n) is 3.34. The second-order valence-corrected chi connectivity index (χ2v) is 5.25. The number of benzene rings is 1. The summed E-state index contributed by atoms with van der Waals surface area (Å²) in [4.78, 5) is 0. The Morgan fingerprint density at radius 1 is 1.07 bits per heavy atom. The van der Waals surface area contributed by atoms with E-state index in [4.69, 9.17) is 0 Å². The summed E-state index contributed by atoms with van der Waals surface area (Å²) in [6.45, 7) is 9.08. The Kier molecular flexibility index (Phi) is 4.85. The Hall–Kier alpha value is -0.300. The summed E-state index contributed by atoms with van der Waals surface area (Å²) in [5.74, 6) is 1.31. The molecule has 0 aliphatic carbocycles. The van der Waals surface area contributed by atoms with E-state index in [1.54, 1.807) is 0 Å². The van der Waals surface area contributed by atoms with Gasteiger partial charge in [-0.25, -0.2) is 0 Å². The molecular weight excluding hydrogens is 248 g/mol. The predicted molar refractivity (Wildman–Crippen MR) is 71.6 cm³/mol. The zero-order valence-electron chi connectivity index (χ0n) is 10.2. The Labute approximate surface area is 102 Å². The van der Waals surface area contributed by atoms with Crippen molar-refractivity contribution in [2.45, 2.75) is 52.4 Å². The normalized spacial score (nSPS) is 15.0. The molecule has 0 saturated heterocycles. The minimum atomic E-state index is 0.642. The van der Waals surface area contributed by atoms with Crippen LogP contribution in [0.2, 0.25) is 0 Å². The van der Waals surface area contributed by atoms with Gasteiger partial charge in [0.15, 0.2) is 0 Å². The second-order valence-electron chi connectivity index (χ2n) is 4.40. The van der Waals surface area contributed by atoms with Crippen molar-refractivity contribution in [3.8, 4) is 0 Å². The first-order valence-electron chi connectivity index (χ1n) is 5.89. The molecule has 0 aliphatic heterocycles. The molecular formula is C14H21Br. The smallest absolute Gasteiger partial charge is 0.0210 e. The van der Waals surface area contributed by atoms with Crippen molar-refractivity contribution in [2.75, 3.05) is 0 Å². The summed E-state index contributed by atoms with van der Waals surface area (Å²) >= 11 is 3.64. The van der Waals surface area contributed by atoms with Crippen LogP contribution in [0, 0.1) is 0 Å². The van der Waals surface area contributed by atoms with Crippen LogP contribution in [0.25, 0.3) is 0 Å². The Balaban J connectivity index is 3.05. The molecule has 0 saturated carbocycles. The molecule has 84 valence electrons. The minimum Gasteiger partial charge on any atom is -0.0648 e. The fourth-order valence-electron chi connectivity index (χ4n) is 1.70. The molecule has 0 amide bonds. The first-order valence-corrected chi connectivity index (χ1v) is 6.68. The van der Waals surface area contributed by atoms with Crippen LogP contribution in [-0.2, 0) is 0 Å². The van der Waals surface area contributed by atoms with Crippen molar-refractivity contribution < 1.29 is 0 Å². The van der Waals surface area contributed by atoms with Gasteiger partial charge in [0.2, 0.25) is 0 Å². The molecule has 2 atom stereocenters. The lowest BCUT2D eigenvalue weighted by atomic mass is 9.92. The highest BCUT2D eigenvalue weighted by Crippen LogP contribution is 2.30. The van der Waals surface area contributed by atoms with Crippen LogP contribution in [0.4, 0.5) is 0 Å². The topological polar surface area (TPSA) is 0 Å². The SMILES string of the molecule is CCC(C)c1ccc(Br)c(C(C)CC)c1. The van der Waals surface area contributed by atoms with E-state index in [9.17, 15) is 0 Å². The molecule has 0 spiro atoms. The highest BCUT2D eigenvalue weighted by Gasteiger charge is 2.10. The summed E-state index contributed by atoms with van der Waals surface area (Å²) in [7, 11) is 0. The van der Waals surface area contributed by atoms with Crippen LogP contribution in [0.3, 0.4) is 0 Å². The van der Waals surface area contributed by atoms with Gasteiger partial charge in [-0.15, -0.1) is 0 Å². The first kappa shape index (κ1) is 12.8. The number of halogens is 1. The van der Waals surface area contributed by atoms with E-state index in [1.807, 2.05) is 0 Å². The second kappa shape index (κ2) is 5.69. The van der Waals surface area contributed by atoms with E-state index in [1.165, 1.54) is 28.4 Å². The highest BCUT2D eigenvalue weighted by atomic mass is 79.9. The molecule has 1 rings (SSSR count). The minimum absolute atomic E-state index is 0.642. The van der Waals surface area contributed by atoms with E-state index < -0.39 is 0 Å². The lowest BCUT2D eigenvalue weighted by molar-refractivity contribution is 0.709. The molecule has 0 aliphatic rings. The average molecular weight is 269 g/mol. The zero-order chi connectivity index (χ0) is 11.4. The maximum atomic E-state index is 3.64. The summed E-state index contributed by atoms with van der Waals surface area (Å²) < 4.78 is 1.25. The third-order valence-corrected chi connectivity index (χ3v) is 4.07. The monoisotopic (exact) mass is 268 g/mol. The summed E-state index contributed by atoms with van der Waals surface area (Å²) in [5.41, 5.74) is 2.92. The largest absolute Gasteiger partial charge is 0.0648 e. The van der Waals surface area contributed by atoms with Crippen molar-refractivity contribution in [1.82, 2.24) is 0 Å². The molecule has 1 heteroatoms. The molecule has 0 nitrogen and oxygen atoms in total. The van der Waals surface area contributed by atoms with Crippen LogP contribution >= 0.6 is 15.9 Å². The fraction of sp³-hybridized carbons (Fsp3) is 0.571. The lowest BCUT2D eigenvalue weighted by Gasteiger charge is -2.16. The molecule has 2 unspecified atom stereocenters. The van der Waals surface area contributed by atoms with E-state index >= 15 is 0 Å². The molecule has 0 N–H and O–H groups in total. The van der Waals surface area contributed by atoms with Crippen LogP contribution in [0.15, 0.2) is 22.7 Å². The van der Waals surface area contributed by atoms with E-state index in [0.717, 1.165) is 0 Å². The molecule has 1 aromatic rings. The maximum absolute atomic E-state index is 3.64. The Morgan fingerprint density at radius 2 is 1.67 bits per heavy atom. The van der Waals surface area contributed by atoms with Crippen molar-refractivity contribution >= 4 is 15.9 Å². The molecule has 0 heterocycles. The molecule has 0 bridgehead atoms. The fourth-order valence-corrected chi connectivity index (χ4v) is 2.34. The number of hydrogen-bond acceptors (Lipinski definition) is 0. The number of rotatable bonds is 4. The van der Waals surface area contributed by atoms with Gasteiger partial charge < -0.3 is 0 Å². The quantitative estimate of drug-likeness (QED) is 0.679. The average Bonchev–Trinajstić information content (AvgIpc) is 2.27. The van der Waals surface area contributed by atoms with E-state index in [-0.39, 0.29) is 0 Å². The van der Waals surface area contributed by atoms with Crippen molar-refractivity contribution in [2.24, 2.45) is 0 Å². The maximum Gasteiger partial charge on any atom is 0.0210 e. The van der Waals surface area contributed by atoms with Gasteiger partial charge in [-0.3, -0.25) is 0 Å². The van der Waals surface area contributed by atoms with E-state index in [0.29, 0.717) is 11.8 Å². The highest BCUT2D eigenvalue weighted by molar-refractivity contribution is 9.10. The van der Waals surface area contributed by atoms with Gasteiger partial charge in [-0.05, 0) is 41.9 Å². The molecule has 1 aromatic carbocycles. The van der Waals surface area contributed by atoms with Crippen LogP contribution in [-0.4, -0.2) is 0 Å². The number of hydrogen-bond donors (Lipinski definition) is 0. The summed E-state index contributed by atoms with van der Waals surface area (Å²) in [6, 6.07) is 6.81. The Bertz CT molecular complexity index is 317. The van der Waals surface area contributed by atoms with Crippen molar-refractivity contribution in [3.63, 3.8) is 0 Å². The van der Waals surface area contributed by atoms with E-state index in [2.05, 4.69) is 61.8 Å². The van der Waals surface area contributed by atoms with Crippen molar-refractivity contribution in [1.29, 1.82) is 0 Å². The molecule has 0 aromatic heterocycles. The van der Waals surface area contributed by atoms with Gasteiger partial charge in [0, 0.05) is 4.47 Å². The van der Waals surface area contributed by atoms with Gasteiger partial charge in [-0.1, -0.05) is 55.8 Å². The van der Waals surface area contributed by atoms with Gasteiger partial charge in [0.25, 0.3) is 0 Å². The summed E-state index contributed by atoms with van der Waals surface area (Å²) in [5, 5.41) is 0. The summed E-state index contributed by atoms with van der Waals surface area (Å²) in [6.07, 6.45) is 2.41. The molecule has 0 radical (unpaired) electrons. The predicted octanol–water partition coefficient (Wildman–Crippen LogP) is 5.48. The standard InChI is InChI=1S/C14H21Br/c1-5-10(3)12-7-8-14(15)13(9-12)11(4)6-2/h7-11H,5-6H2,1-4H3. The zero-order valence-corrected chi connectivity index (χ0v) is 11.8. The van der Waals surface area contributed by atoms with Gasteiger partial charge in [-0.2, -0.15) is 0 Å². The van der Waals surface area contributed by atoms with Crippen LogP contribution < -0.4 is 0 Å². The van der Waals surface area contributed by atoms with Gasteiger partial charge in [0.1, 0.15) is 0 Å². The van der Waals surface area contributed by atoms with Crippen LogP contribution in [0.1, 0.15) is 63.5 Å². The Morgan fingerprint density at radius 3 is 2.20 bits per heavy atom. The van der Waals surface area contributed by atoms with Crippen molar-refractivity contribution in [3.05, 3.63) is 33.8 Å². The van der Waals surface area contributed by atoms with Gasteiger partial charge >= 0.3 is 0 Å². The first-order chi connectivity index (χ1) is 7.10. The van der Waals surface area contributed by atoms with Crippen LogP contribution in [0.5, 0.6) is 0 Å². The lowest BCUT2D eigenvalue weighted by Crippen LogP contribution is -1.97. The van der Waals surface area contributed by atoms with Gasteiger partial charge in [0.05, 0.1) is 0 Å².